The van der Waals surface area contributed by atoms with Gasteiger partial charge in [0.15, 0.2) is 0 Å². The maximum absolute atomic E-state index is 4.06. The smallest absolute Gasteiger partial charge is 0.00708 e. The van der Waals surface area contributed by atoms with Crippen LogP contribution in [0.4, 0.5) is 0 Å². The van der Waals surface area contributed by atoms with Gasteiger partial charge in [0, 0.05) is 42.3 Å². The molecule has 0 heterocycles. The second-order valence-corrected chi connectivity index (χ2v) is 11.4. The monoisotopic (exact) mass is 418 g/mol. The van der Waals surface area contributed by atoms with Crippen molar-refractivity contribution in [3.05, 3.63) is 0 Å². The molecule has 174 valence electrons. The van der Waals surface area contributed by atoms with E-state index in [9.17, 15) is 0 Å². The van der Waals surface area contributed by atoms with Crippen LogP contribution >= 0.6 is 0 Å². The zero-order chi connectivity index (χ0) is 20.8. The third kappa shape index (κ3) is 6.92. The predicted octanol–water partition coefficient (Wildman–Crippen LogP) is 4.49. The van der Waals surface area contributed by atoms with Gasteiger partial charge in [-0.2, -0.15) is 0 Å². The van der Waals surface area contributed by atoms with Gasteiger partial charge in [-0.3, -0.25) is 0 Å². The van der Waals surface area contributed by atoms with Gasteiger partial charge >= 0.3 is 0 Å². The summed E-state index contributed by atoms with van der Waals surface area (Å²) in [6.45, 7) is 2.42. The SMILES string of the molecule is CNC1CCC(NC2CCC(NC3CCC(NC4CCC(C)CC4)CC3)CC2)CC1. The lowest BCUT2D eigenvalue weighted by atomic mass is 9.84. The molecule has 0 aliphatic heterocycles. The van der Waals surface area contributed by atoms with Crippen molar-refractivity contribution in [2.45, 2.75) is 152 Å². The summed E-state index contributed by atoms with van der Waals surface area (Å²) >= 11 is 0. The Labute approximate surface area is 186 Å². The molecule has 4 nitrogen and oxygen atoms in total. The predicted molar refractivity (Wildman–Crippen MR) is 128 cm³/mol. The largest absolute Gasteiger partial charge is 0.317 e. The zero-order valence-electron chi connectivity index (χ0n) is 19.9. The maximum Gasteiger partial charge on any atom is 0.00708 e. The van der Waals surface area contributed by atoms with Crippen molar-refractivity contribution in [3.63, 3.8) is 0 Å². The van der Waals surface area contributed by atoms with Gasteiger partial charge in [-0.1, -0.05) is 6.92 Å². The molecule has 4 heteroatoms. The summed E-state index contributed by atoms with van der Waals surface area (Å²) in [4.78, 5) is 0. The van der Waals surface area contributed by atoms with E-state index in [2.05, 4.69) is 35.2 Å². The Bertz CT molecular complexity index is 465. The standard InChI is InChI=1S/C26H50N4/c1-19-3-5-21(6-4-19)28-23-11-13-25(14-12-23)30-26-17-15-24(16-18-26)29-22-9-7-20(27-2)8-10-22/h19-30H,3-18H2,1-2H3. The minimum Gasteiger partial charge on any atom is -0.317 e. The number of rotatable bonds is 7. The van der Waals surface area contributed by atoms with Gasteiger partial charge in [0.2, 0.25) is 0 Å². The van der Waals surface area contributed by atoms with Gasteiger partial charge in [-0.05, 0) is 116 Å². The van der Waals surface area contributed by atoms with Gasteiger partial charge in [0.05, 0.1) is 0 Å². The van der Waals surface area contributed by atoms with Crippen molar-refractivity contribution in [3.8, 4) is 0 Å². The molecule has 0 spiro atoms. The first kappa shape index (κ1) is 23.0. The van der Waals surface area contributed by atoms with Crippen molar-refractivity contribution < 1.29 is 0 Å². The minimum atomic E-state index is 0.764. The highest BCUT2D eigenvalue weighted by Crippen LogP contribution is 2.28. The quantitative estimate of drug-likeness (QED) is 0.492. The third-order valence-corrected chi connectivity index (χ3v) is 9.02. The Kier molecular flexibility index (Phi) is 8.92. The molecule has 0 atom stereocenters. The molecule has 0 aromatic heterocycles. The first-order chi connectivity index (χ1) is 14.7. The summed E-state index contributed by atoms with van der Waals surface area (Å²) < 4.78 is 0. The molecular formula is C26H50N4. The van der Waals surface area contributed by atoms with Crippen molar-refractivity contribution in [2.24, 2.45) is 5.92 Å². The van der Waals surface area contributed by atoms with Gasteiger partial charge in [0.1, 0.15) is 0 Å². The van der Waals surface area contributed by atoms with E-state index < -0.39 is 0 Å². The van der Waals surface area contributed by atoms with Crippen molar-refractivity contribution in [1.82, 2.24) is 21.3 Å². The van der Waals surface area contributed by atoms with Crippen LogP contribution in [0.25, 0.3) is 0 Å². The van der Waals surface area contributed by atoms with E-state index in [0.717, 1.165) is 48.2 Å². The zero-order valence-corrected chi connectivity index (χ0v) is 19.9. The van der Waals surface area contributed by atoms with Crippen LogP contribution in [0.2, 0.25) is 0 Å². The highest BCUT2D eigenvalue weighted by molar-refractivity contribution is 4.90. The number of hydrogen-bond donors (Lipinski definition) is 4. The summed E-state index contributed by atoms with van der Waals surface area (Å²) in [7, 11) is 2.12. The van der Waals surface area contributed by atoms with Crippen LogP contribution in [0.5, 0.6) is 0 Å². The molecular weight excluding hydrogens is 368 g/mol. The maximum atomic E-state index is 4.06. The average molecular weight is 419 g/mol. The molecule has 4 N–H and O–H groups in total. The second-order valence-electron chi connectivity index (χ2n) is 11.4. The van der Waals surface area contributed by atoms with Crippen molar-refractivity contribution >= 4 is 0 Å². The van der Waals surface area contributed by atoms with Crippen LogP contribution in [0, 0.1) is 5.92 Å². The lowest BCUT2D eigenvalue weighted by Crippen LogP contribution is -2.49. The van der Waals surface area contributed by atoms with Crippen LogP contribution < -0.4 is 21.3 Å². The molecule has 0 amide bonds. The lowest BCUT2D eigenvalue weighted by Gasteiger charge is -2.39. The normalized spacial score (nSPS) is 43.4. The second kappa shape index (κ2) is 11.6. The summed E-state index contributed by atoms with van der Waals surface area (Å²) in [5.41, 5.74) is 0. The fourth-order valence-corrected chi connectivity index (χ4v) is 6.83. The highest BCUT2D eigenvalue weighted by atomic mass is 15.0. The Balaban J connectivity index is 1.07. The fraction of sp³-hybridized carbons (Fsp3) is 1.00. The molecule has 0 saturated heterocycles. The molecule has 4 fully saturated rings. The van der Waals surface area contributed by atoms with Crippen molar-refractivity contribution in [2.75, 3.05) is 7.05 Å². The fourth-order valence-electron chi connectivity index (χ4n) is 6.83. The Morgan fingerprint density at radius 1 is 0.367 bits per heavy atom. The van der Waals surface area contributed by atoms with E-state index in [1.807, 2.05) is 0 Å². The van der Waals surface area contributed by atoms with E-state index in [4.69, 9.17) is 0 Å². The Hall–Kier alpha value is -0.160. The van der Waals surface area contributed by atoms with Crippen LogP contribution in [0.3, 0.4) is 0 Å². The topological polar surface area (TPSA) is 48.1 Å². The van der Waals surface area contributed by atoms with Crippen LogP contribution in [0.15, 0.2) is 0 Å². The Morgan fingerprint density at radius 3 is 0.867 bits per heavy atom. The van der Waals surface area contributed by atoms with Crippen LogP contribution in [-0.2, 0) is 0 Å². The van der Waals surface area contributed by atoms with Gasteiger partial charge in [-0.25, -0.2) is 0 Å². The summed E-state index contributed by atoms with van der Waals surface area (Å²) in [6.07, 6.45) is 22.2. The number of hydrogen-bond acceptors (Lipinski definition) is 4. The molecule has 0 radical (unpaired) electrons. The van der Waals surface area contributed by atoms with E-state index >= 15 is 0 Å². The molecule has 4 aliphatic carbocycles. The van der Waals surface area contributed by atoms with E-state index in [1.54, 1.807) is 0 Å². The molecule has 0 aromatic carbocycles. The number of nitrogens with one attached hydrogen (secondary N) is 4. The molecule has 4 saturated carbocycles. The average Bonchev–Trinajstić information content (AvgIpc) is 2.78. The van der Waals surface area contributed by atoms with Crippen molar-refractivity contribution in [1.29, 1.82) is 0 Å². The molecule has 0 aromatic rings. The summed E-state index contributed by atoms with van der Waals surface area (Å²) in [5, 5.41) is 15.5. The van der Waals surface area contributed by atoms with Crippen LogP contribution in [-0.4, -0.2) is 49.3 Å². The van der Waals surface area contributed by atoms with Gasteiger partial charge < -0.3 is 21.3 Å². The molecule has 0 unspecified atom stereocenters. The summed E-state index contributed by atoms with van der Waals surface area (Å²) in [5.74, 6) is 0.960. The first-order valence-electron chi connectivity index (χ1n) is 13.6. The molecule has 4 rings (SSSR count). The van der Waals surface area contributed by atoms with Crippen LogP contribution in [0.1, 0.15) is 110 Å². The minimum absolute atomic E-state index is 0.764. The van der Waals surface area contributed by atoms with E-state index in [1.165, 1.54) is 103 Å². The summed E-state index contributed by atoms with van der Waals surface area (Å²) in [6, 6.07) is 5.47. The lowest BCUT2D eigenvalue weighted by molar-refractivity contribution is 0.213. The molecule has 30 heavy (non-hydrogen) atoms. The van der Waals surface area contributed by atoms with E-state index in [-0.39, 0.29) is 0 Å². The molecule has 4 aliphatic rings. The van der Waals surface area contributed by atoms with Gasteiger partial charge in [0.25, 0.3) is 0 Å². The highest BCUT2D eigenvalue weighted by Gasteiger charge is 2.29. The van der Waals surface area contributed by atoms with E-state index in [0.29, 0.717) is 0 Å². The molecule has 0 bridgehead atoms. The first-order valence-corrected chi connectivity index (χ1v) is 13.6. The third-order valence-electron chi connectivity index (χ3n) is 9.02. The van der Waals surface area contributed by atoms with Gasteiger partial charge in [-0.15, -0.1) is 0 Å². The Morgan fingerprint density at radius 2 is 0.600 bits per heavy atom.